The number of halogens is 1. The van der Waals surface area contributed by atoms with Gasteiger partial charge in [0.1, 0.15) is 0 Å². The quantitative estimate of drug-likeness (QED) is 0.641. The minimum absolute atomic E-state index is 0.0368. The van der Waals surface area contributed by atoms with Gasteiger partial charge in [0, 0.05) is 10.7 Å². The third kappa shape index (κ3) is 5.83. The molecule has 0 saturated heterocycles. The molecule has 0 amide bonds. The molecule has 1 saturated carbocycles. The van der Waals surface area contributed by atoms with Gasteiger partial charge in [0.2, 0.25) is 9.05 Å². The molecule has 1 atom stereocenters. The molecule has 0 radical (unpaired) electrons. The Morgan fingerprint density at radius 2 is 2.14 bits per heavy atom. The van der Waals surface area contributed by atoms with Gasteiger partial charge in [-0.25, -0.2) is 8.42 Å². The average molecular weight is 241 g/mol. The third-order valence-electron chi connectivity index (χ3n) is 2.22. The van der Waals surface area contributed by atoms with Crippen LogP contribution in [0.25, 0.3) is 0 Å². The van der Waals surface area contributed by atoms with Gasteiger partial charge in [-0.3, -0.25) is 0 Å². The molecule has 84 valence electrons. The lowest BCUT2D eigenvalue weighted by atomic mass is 10.1. The second-order valence-corrected chi connectivity index (χ2v) is 6.71. The Kier molecular flexibility index (Phi) is 4.67. The van der Waals surface area contributed by atoms with E-state index >= 15 is 0 Å². The molecule has 0 aromatic carbocycles. The van der Waals surface area contributed by atoms with Crippen LogP contribution >= 0.6 is 10.7 Å². The van der Waals surface area contributed by atoms with Gasteiger partial charge in [-0.1, -0.05) is 13.3 Å². The van der Waals surface area contributed by atoms with Crippen LogP contribution in [-0.2, 0) is 13.8 Å². The van der Waals surface area contributed by atoms with Crippen LogP contribution in [0.4, 0.5) is 0 Å². The fourth-order valence-electron chi connectivity index (χ4n) is 1.41. The smallest absolute Gasteiger partial charge is 0.232 e. The van der Waals surface area contributed by atoms with Crippen molar-refractivity contribution in [1.82, 2.24) is 0 Å². The van der Waals surface area contributed by atoms with E-state index in [0.717, 1.165) is 25.7 Å². The van der Waals surface area contributed by atoms with Gasteiger partial charge in [-0.15, -0.1) is 0 Å². The summed E-state index contributed by atoms with van der Waals surface area (Å²) in [5.74, 6) is 0.0952. The molecular formula is C9H17ClO3S. The Morgan fingerprint density at radius 3 is 2.57 bits per heavy atom. The summed E-state index contributed by atoms with van der Waals surface area (Å²) in [5.41, 5.74) is 0. The summed E-state index contributed by atoms with van der Waals surface area (Å²) in [4.78, 5) is 0. The normalized spacial score (nSPS) is 19.6. The second-order valence-electron chi connectivity index (χ2n) is 3.89. The first kappa shape index (κ1) is 12.3. The molecule has 3 nitrogen and oxygen atoms in total. The fourth-order valence-corrected chi connectivity index (χ4v) is 2.77. The van der Waals surface area contributed by atoms with Crippen molar-refractivity contribution in [3.63, 3.8) is 0 Å². The zero-order valence-electron chi connectivity index (χ0n) is 8.41. The highest BCUT2D eigenvalue weighted by atomic mass is 35.7. The molecule has 0 aromatic rings. The van der Waals surface area contributed by atoms with Crippen LogP contribution in [0.3, 0.4) is 0 Å². The van der Waals surface area contributed by atoms with Crippen molar-refractivity contribution in [3.8, 4) is 0 Å². The number of rotatable bonds is 7. The monoisotopic (exact) mass is 240 g/mol. The second kappa shape index (κ2) is 5.33. The SMILES string of the molecule is CCCC(COC1CC1)CS(=O)(=O)Cl. The fraction of sp³-hybridized carbons (Fsp3) is 1.00. The van der Waals surface area contributed by atoms with Gasteiger partial charge in [-0.2, -0.15) is 0 Å². The first-order chi connectivity index (χ1) is 6.51. The highest BCUT2D eigenvalue weighted by Crippen LogP contribution is 2.25. The molecule has 1 unspecified atom stereocenters. The molecule has 5 heteroatoms. The number of hydrogen-bond donors (Lipinski definition) is 0. The van der Waals surface area contributed by atoms with Crippen molar-refractivity contribution in [3.05, 3.63) is 0 Å². The van der Waals surface area contributed by atoms with E-state index in [1.54, 1.807) is 0 Å². The van der Waals surface area contributed by atoms with Crippen LogP contribution < -0.4 is 0 Å². The van der Waals surface area contributed by atoms with Gasteiger partial charge < -0.3 is 4.74 Å². The molecule has 0 aromatic heterocycles. The van der Waals surface area contributed by atoms with Crippen molar-refractivity contribution < 1.29 is 13.2 Å². The van der Waals surface area contributed by atoms with Crippen molar-refractivity contribution in [2.75, 3.05) is 12.4 Å². The maximum absolute atomic E-state index is 10.9. The van der Waals surface area contributed by atoms with Crippen LogP contribution in [0.1, 0.15) is 32.6 Å². The molecule has 0 bridgehead atoms. The molecule has 0 aliphatic heterocycles. The molecule has 1 rings (SSSR count). The van der Waals surface area contributed by atoms with E-state index in [-0.39, 0.29) is 11.7 Å². The van der Waals surface area contributed by atoms with E-state index in [9.17, 15) is 8.42 Å². The molecule has 14 heavy (non-hydrogen) atoms. The highest BCUT2D eigenvalue weighted by molar-refractivity contribution is 8.13. The maximum atomic E-state index is 10.9. The number of ether oxygens (including phenoxy) is 1. The zero-order valence-corrected chi connectivity index (χ0v) is 9.98. The van der Waals surface area contributed by atoms with Gasteiger partial charge in [0.15, 0.2) is 0 Å². The van der Waals surface area contributed by atoms with Crippen LogP contribution in [0, 0.1) is 5.92 Å². The third-order valence-corrected chi connectivity index (χ3v) is 3.47. The van der Waals surface area contributed by atoms with Crippen LogP contribution in [-0.4, -0.2) is 26.9 Å². The van der Waals surface area contributed by atoms with E-state index in [4.69, 9.17) is 15.4 Å². The largest absolute Gasteiger partial charge is 0.378 e. The molecule has 1 aliphatic carbocycles. The first-order valence-electron chi connectivity index (χ1n) is 5.05. The van der Waals surface area contributed by atoms with E-state index in [0.29, 0.717) is 12.7 Å². The Morgan fingerprint density at radius 1 is 1.50 bits per heavy atom. The molecular weight excluding hydrogens is 224 g/mol. The summed E-state index contributed by atoms with van der Waals surface area (Å²) in [7, 11) is 1.83. The van der Waals surface area contributed by atoms with Crippen molar-refractivity contribution in [2.24, 2.45) is 5.92 Å². The molecule has 1 aliphatic rings. The van der Waals surface area contributed by atoms with Crippen LogP contribution in [0.5, 0.6) is 0 Å². The Balaban J connectivity index is 2.28. The average Bonchev–Trinajstić information content (AvgIpc) is 2.80. The highest BCUT2D eigenvalue weighted by Gasteiger charge is 2.24. The Bertz CT molecular complexity index is 259. The maximum Gasteiger partial charge on any atom is 0.232 e. The molecule has 1 fully saturated rings. The van der Waals surface area contributed by atoms with E-state index in [1.165, 1.54) is 0 Å². The zero-order chi connectivity index (χ0) is 10.6. The summed E-state index contributed by atoms with van der Waals surface area (Å²) in [6.07, 6.45) is 4.44. The Hall–Kier alpha value is 0.200. The molecule has 0 N–H and O–H groups in total. The summed E-state index contributed by atoms with van der Waals surface area (Å²) in [5, 5.41) is 0. The summed E-state index contributed by atoms with van der Waals surface area (Å²) < 4.78 is 27.3. The molecule has 0 spiro atoms. The minimum atomic E-state index is -3.38. The lowest BCUT2D eigenvalue weighted by Crippen LogP contribution is -2.18. The van der Waals surface area contributed by atoms with E-state index in [2.05, 4.69) is 0 Å². The van der Waals surface area contributed by atoms with E-state index in [1.807, 2.05) is 6.92 Å². The standard InChI is InChI=1S/C9H17ClO3S/c1-2-3-8(7-14(10,11)12)6-13-9-4-5-9/h8-9H,2-7H2,1H3. The first-order valence-corrected chi connectivity index (χ1v) is 7.53. The minimum Gasteiger partial charge on any atom is -0.378 e. The predicted octanol–water partition coefficient (Wildman–Crippen LogP) is 2.15. The number of hydrogen-bond acceptors (Lipinski definition) is 3. The van der Waals surface area contributed by atoms with E-state index < -0.39 is 9.05 Å². The van der Waals surface area contributed by atoms with Gasteiger partial charge >= 0.3 is 0 Å². The lowest BCUT2D eigenvalue weighted by molar-refractivity contribution is 0.0893. The summed E-state index contributed by atoms with van der Waals surface area (Å²) >= 11 is 0. The lowest BCUT2D eigenvalue weighted by Gasteiger charge is -2.13. The van der Waals surface area contributed by atoms with Gasteiger partial charge in [0.05, 0.1) is 18.5 Å². The Labute approximate surface area is 90.2 Å². The predicted molar refractivity (Wildman–Crippen MR) is 57.0 cm³/mol. The van der Waals surface area contributed by atoms with Crippen LogP contribution in [0.2, 0.25) is 0 Å². The summed E-state index contributed by atoms with van der Waals surface area (Å²) in [6.45, 7) is 2.56. The van der Waals surface area contributed by atoms with Gasteiger partial charge in [0.25, 0.3) is 0 Å². The summed E-state index contributed by atoms with van der Waals surface area (Å²) in [6, 6.07) is 0. The molecule has 0 heterocycles. The van der Waals surface area contributed by atoms with Crippen molar-refractivity contribution >= 4 is 19.7 Å². The van der Waals surface area contributed by atoms with Crippen molar-refractivity contribution in [2.45, 2.75) is 38.7 Å². The topological polar surface area (TPSA) is 43.4 Å². The van der Waals surface area contributed by atoms with Crippen molar-refractivity contribution in [1.29, 1.82) is 0 Å². The van der Waals surface area contributed by atoms with Crippen LogP contribution in [0.15, 0.2) is 0 Å². The van der Waals surface area contributed by atoms with Gasteiger partial charge in [-0.05, 0) is 25.2 Å².